The summed E-state index contributed by atoms with van der Waals surface area (Å²) < 4.78 is 15.8. The third-order valence-corrected chi connectivity index (χ3v) is 5.67. The first-order valence-corrected chi connectivity index (χ1v) is 10.4. The van der Waals surface area contributed by atoms with E-state index in [0.717, 1.165) is 41.4 Å². The zero-order chi connectivity index (χ0) is 21.8. The number of rotatable bonds is 7. The van der Waals surface area contributed by atoms with Gasteiger partial charge in [0, 0.05) is 43.7 Å². The van der Waals surface area contributed by atoms with E-state index in [-0.39, 0.29) is 5.91 Å². The Labute approximate surface area is 180 Å². The molecule has 4 rings (SSSR count). The molecule has 3 aromatic rings. The Morgan fingerprint density at radius 3 is 2.45 bits per heavy atom. The van der Waals surface area contributed by atoms with E-state index in [1.165, 1.54) is 0 Å². The van der Waals surface area contributed by atoms with Crippen molar-refractivity contribution in [3.8, 4) is 17.1 Å². The van der Waals surface area contributed by atoms with E-state index in [2.05, 4.69) is 20.2 Å². The van der Waals surface area contributed by atoms with E-state index < -0.39 is 0 Å². The molecule has 0 aliphatic carbocycles. The SMILES string of the molecule is COc1ccc(-c2noc(CN3CCN(C(=O)CCc4c(C)noc4C)CC3)n2)cc1. The van der Waals surface area contributed by atoms with Crippen LogP contribution in [0.15, 0.2) is 33.3 Å². The van der Waals surface area contributed by atoms with Gasteiger partial charge in [0.05, 0.1) is 19.3 Å². The summed E-state index contributed by atoms with van der Waals surface area (Å²) in [4.78, 5) is 21.2. The minimum absolute atomic E-state index is 0.166. The summed E-state index contributed by atoms with van der Waals surface area (Å²) in [6.45, 7) is 7.31. The summed E-state index contributed by atoms with van der Waals surface area (Å²) in [5, 5.41) is 8.04. The van der Waals surface area contributed by atoms with Crippen LogP contribution in [0.3, 0.4) is 0 Å². The highest BCUT2D eigenvalue weighted by molar-refractivity contribution is 5.76. The molecule has 0 saturated carbocycles. The Morgan fingerprint density at radius 2 is 1.81 bits per heavy atom. The molecule has 0 N–H and O–H groups in total. The van der Waals surface area contributed by atoms with Gasteiger partial charge in [-0.25, -0.2) is 0 Å². The molecule has 2 aromatic heterocycles. The smallest absolute Gasteiger partial charge is 0.241 e. The van der Waals surface area contributed by atoms with E-state index in [9.17, 15) is 4.79 Å². The van der Waals surface area contributed by atoms with Crippen LogP contribution in [0.5, 0.6) is 5.75 Å². The maximum absolute atomic E-state index is 12.6. The monoisotopic (exact) mass is 425 g/mol. The first-order chi connectivity index (χ1) is 15.0. The molecule has 0 radical (unpaired) electrons. The number of aryl methyl sites for hydroxylation is 2. The van der Waals surface area contributed by atoms with Gasteiger partial charge in [0.2, 0.25) is 17.6 Å². The lowest BCUT2D eigenvalue weighted by Gasteiger charge is -2.34. The van der Waals surface area contributed by atoms with Crippen molar-refractivity contribution in [2.45, 2.75) is 33.2 Å². The number of aromatic nitrogens is 3. The number of nitrogens with zero attached hydrogens (tertiary/aromatic N) is 5. The first-order valence-electron chi connectivity index (χ1n) is 10.4. The van der Waals surface area contributed by atoms with Crippen LogP contribution in [0.25, 0.3) is 11.4 Å². The maximum atomic E-state index is 12.6. The van der Waals surface area contributed by atoms with E-state index >= 15 is 0 Å². The Kier molecular flexibility index (Phi) is 6.31. The van der Waals surface area contributed by atoms with E-state index in [4.69, 9.17) is 13.8 Å². The number of carbonyl (C=O) groups is 1. The predicted molar refractivity (Wildman–Crippen MR) is 112 cm³/mol. The zero-order valence-corrected chi connectivity index (χ0v) is 18.1. The normalized spacial score (nSPS) is 14.7. The average molecular weight is 425 g/mol. The molecule has 0 unspecified atom stereocenters. The number of ether oxygens (including phenoxy) is 1. The van der Waals surface area contributed by atoms with Crippen LogP contribution >= 0.6 is 0 Å². The summed E-state index contributed by atoms with van der Waals surface area (Å²) >= 11 is 0. The van der Waals surface area contributed by atoms with Crippen LogP contribution in [0.1, 0.15) is 29.3 Å². The quantitative estimate of drug-likeness (QED) is 0.570. The topological polar surface area (TPSA) is 97.7 Å². The molecule has 1 amide bonds. The third kappa shape index (κ3) is 4.93. The van der Waals surface area contributed by atoms with Gasteiger partial charge in [0.1, 0.15) is 11.5 Å². The fourth-order valence-electron chi connectivity index (χ4n) is 3.77. The summed E-state index contributed by atoms with van der Waals surface area (Å²) in [6.07, 6.45) is 1.13. The van der Waals surface area contributed by atoms with Crippen LogP contribution in [0, 0.1) is 13.8 Å². The van der Waals surface area contributed by atoms with Crippen molar-refractivity contribution in [3.05, 3.63) is 47.2 Å². The minimum atomic E-state index is 0.166. The van der Waals surface area contributed by atoms with Gasteiger partial charge in [0.15, 0.2) is 0 Å². The zero-order valence-electron chi connectivity index (χ0n) is 18.1. The second kappa shape index (κ2) is 9.30. The van der Waals surface area contributed by atoms with Gasteiger partial charge in [0.25, 0.3) is 0 Å². The van der Waals surface area contributed by atoms with Crippen molar-refractivity contribution in [2.75, 3.05) is 33.3 Å². The average Bonchev–Trinajstić information content (AvgIpc) is 3.39. The Bertz CT molecular complexity index is 999. The number of benzene rings is 1. The molecule has 1 aliphatic heterocycles. The molecule has 0 spiro atoms. The molecular weight excluding hydrogens is 398 g/mol. The standard InChI is InChI=1S/C22H27N5O4/c1-15-19(16(2)30-24-15)8-9-21(28)27-12-10-26(11-13-27)14-20-23-22(25-31-20)17-4-6-18(29-3)7-5-17/h4-7H,8-14H2,1-3H3. The number of hydrogen-bond donors (Lipinski definition) is 0. The van der Waals surface area contributed by atoms with Gasteiger partial charge in [-0.15, -0.1) is 0 Å². The largest absolute Gasteiger partial charge is 0.497 e. The number of amides is 1. The van der Waals surface area contributed by atoms with Crippen LogP contribution in [0.4, 0.5) is 0 Å². The second-order valence-corrected chi connectivity index (χ2v) is 7.70. The number of hydrogen-bond acceptors (Lipinski definition) is 8. The van der Waals surface area contributed by atoms with Crippen LogP contribution in [-0.2, 0) is 17.8 Å². The molecule has 9 heteroatoms. The van der Waals surface area contributed by atoms with Crippen LogP contribution in [-0.4, -0.2) is 64.3 Å². The molecule has 0 atom stereocenters. The summed E-state index contributed by atoms with van der Waals surface area (Å²) in [6, 6.07) is 7.54. The Balaban J connectivity index is 1.25. The summed E-state index contributed by atoms with van der Waals surface area (Å²) in [5.41, 5.74) is 2.78. The number of carbonyl (C=O) groups excluding carboxylic acids is 1. The van der Waals surface area contributed by atoms with E-state index in [1.807, 2.05) is 43.0 Å². The predicted octanol–water partition coefficient (Wildman–Crippen LogP) is 2.63. The summed E-state index contributed by atoms with van der Waals surface area (Å²) in [5.74, 6) is 2.88. The highest BCUT2D eigenvalue weighted by Crippen LogP contribution is 2.20. The third-order valence-electron chi connectivity index (χ3n) is 5.67. The molecule has 1 fully saturated rings. The van der Waals surface area contributed by atoms with Crippen molar-refractivity contribution in [2.24, 2.45) is 0 Å². The van der Waals surface area contributed by atoms with Crippen molar-refractivity contribution >= 4 is 5.91 Å². The molecule has 1 aromatic carbocycles. The number of methoxy groups -OCH3 is 1. The van der Waals surface area contributed by atoms with Gasteiger partial charge in [-0.2, -0.15) is 4.98 Å². The fourth-order valence-corrected chi connectivity index (χ4v) is 3.77. The van der Waals surface area contributed by atoms with Crippen molar-refractivity contribution in [1.29, 1.82) is 0 Å². The lowest BCUT2D eigenvalue weighted by molar-refractivity contribution is -0.133. The van der Waals surface area contributed by atoms with Gasteiger partial charge in [-0.05, 0) is 44.5 Å². The van der Waals surface area contributed by atoms with Crippen molar-refractivity contribution in [3.63, 3.8) is 0 Å². The van der Waals surface area contributed by atoms with Crippen LogP contribution < -0.4 is 4.74 Å². The first kappa shape index (κ1) is 21.0. The molecule has 31 heavy (non-hydrogen) atoms. The van der Waals surface area contributed by atoms with Gasteiger partial charge >= 0.3 is 0 Å². The molecule has 1 aliphatic rings. The molecule has 3 heterocycles. The molecule has 1 saturated heterocycles. The van der Waals surface area contributed by atoms with Crippen LogP contribution in [0.2, 0.25) is 0 Å². The summed E-state index contributed by atoms with van der Waals surface area (Å²) in [7, 11) is 1.63. The lowest BCUT2D eigenvalue weighted by atomic mass is 10.1. The molecule has 164 valence electrons. The fraction of sp³-hybridized carbons (Fsp3) is 0.455. The lowest BCUT2D eigenvalue weighted by Crippen LogP contribution is -2.48. The maximum Gasteiger partial charge on any atom is 0.241 e. The highest BCUT2D eigenvalue weighted by atomic mass is 16.5. The van der Waals surface area contributed by atoms with E-state index in [1.54, 1.807) is 7.11 Å². The molecule has 0 bridgehead atoms. The Morgan fingerprint density at radius 1 is 1.06 bits per heavy atom. The van der Waals surface area contributed by atoms with Gasteiger partial charge in [-0.1, -0.05) is 10.3 Å². The minimum Gasteiger partial charge on any atom is -0.497 e. The Hall–Kier alpha value is -3.20. The van der Waals surface area contributed by atoms with Crippen molar-refractivity contribution in [1.82, 2.24) is 25.1 Å². The second-order valence-electron chi connectivity index (χ2n) is 7.70. The molecule has 9 nitrogen and oxygen atoms in total. The number of piperazine rings is 1. The van der Waals surface area contributed by atoms with Crippen molar-refractivity contribution < 1.29 is 18.6 Å². The molecular formula is C22H27N5O4. The van der Waals surface area contributed by atoms with Gasteiger partial charge < -0.3 is 18.7 Å². The highest BCUT2D eigenvalue weighted by Gasteiger charge is 2.23. The van der Waals surface area contributed by atoms with E-state index in [0.29, 0.717) is 44.2 Å². The van der Waals surface area contributed by atoms with Gasteiger partial charge in [-0.3, -0.25) is 9.69 Å².